The molecule has 0 saturated heterocycles. The van der Waals surface area contributed by atoms with Crippen LogP contribution < -0.4 is 10.6 Å². The van der Waals surface area contributed by atoms with Crippen molar-refractivity contribution in [1.29, 1.82) is 0 Å². The fraction of sp³-hybridized carbons (Fsp3) is 0.278. The Labute approximate surface area is 129 Å². The zero-order valence-electron chi connectivity index (χ0n) is 12.5. The summed E-state index contributed by atoms with van der Waals surface area (Å²) in [7, 11) is 0. The Morgan fingerprint density at radius 3 is 2.95 bits per heavy atom. The summed E-state index contributed by atoms with van der Waals surface area (Å²) in [6.07, 6.45) is 0.952. The van der Waals surface area contributed by atoms with E-state index in [1.54, 1.807) is 18.2 Å². The third-order valence-corrected chi connectivity index (χ3v) is 4.05. The molecule has 0 fully saturated rings. The lowest BCUT2D eigenvalue weighted by atomic mass is 10.0. The van der Waals surface area contributed by atoms with Crippen molar-refractivity contribution in [2.45, 2.75) is 25.9 Å². The number of fused-ring (bicyclic) bond motifs is 1. The summed E-state index contributed by atoms with van der Waals surface area (Å²) in [5, 5.41) is 6.38. The summed E-state index contributed by atoms with van der Waals surface area (Å²) in [5.74, 6) is -0.218. The first kappa shape index (κ1) is 14.7. The maximum Gasteiger partial charge on any atom is 0.179 e. The average molecular weight is 298 g/mol. The number of carbonyl (C=O) groups is 1. The molecule has 0 spiro atoms. The van der Waals surface area contributed by atoms with Crippen molar-refractivity contribution in [2.75, 3.05) is 11.9 Å². The maximum absolute atomic E-state index is 13.6. The number of benzene rings is 2. The molecule has 2 aromatic carbocycles. The van der Waals surface area contributed by atoms with Gasteiger partial charge in [-0.3, -0.25) is 4.79 Å². The molecule has 0 aromatic heterocycles. The first-order chi connectivity index (χ1) is 10.6. The molecule has 3 rings (SSSR count). The van der Waals surface area contributed by atoms with Crippen LogP contribution >= 0.6 is 0 Å². The predicted octanol–water partition coefficient (Wildman–Crippen LogP) is 3.15. The number of Topliss-reactive ketones (excluding diaryl/α,β-unsaturated/α-hetero) is 1. The van der Waals surface area contributed by atoms with Gasteiger partial charge in [-0.25, -0.2) is 4.39 Å². The number of anilines is 1. The van der Waals surface area contributed by atoms with Gasteiger partial charge in [-0.2, -0.15) is 0 Å². The van der Waals surface area contributed by atoms with Crippen molar-refractivity contribution in [3.8, 4) is 0 Å². The predicted molar refractivity (Wildman–Crippen MR) is 85.7 cm³/mol. The van der Waals surface area contributed by atoms with E-state index in [4.69, 9.17) is 0 Å². The van der Waals surface area contributed by atoms with Crippen molar-refractivity contribution < 1.29 is 9.18 Å². The Morgan fingerprint density at radius 1 is 1.32 bits per heavy atom. The van der Waals surface area contributed by atoms with Crippen LogP contribution in [0.4, 0.5) is 10.1 Å². The van der Waals surface area contributed by atoms with Crippen LogP contribution in [0.3, 0.4) is 0 Å². The first-order valence-corrected chi connectivity index (χ1v) is 7.53. The third-order valence-electron chi connectivity index (χ3n) is 4.05. The molecular formula is C18H19FN2O. The Morgan fingerprint density at radius 2 is 2.14 bits per heavy atom. The molecule has 3 nitrogen and oxygen atoms in total. The van der Waals surface area contributed by atoms with Gasteiger partial charge in [0.15, 0.2) is 5.78 Å². The van der Waals surface area contributed by atoms with Gasteiger partial charge in [-0.15, -0.1) is 0 Å². The van der Waals surface area contributed by atoms with Crippen LogP contribution in [0.15, 0.2) is 42.5 Å². The van der Waals surface area contributed by atoms with Gasteiger partial charge in [-0.1, -0.05) is 18.2 Å². The molecule has 2 N–H and O–H groups in total. The van der Waals surface area contributed by atoms with Crippen LogP contribution in [0, 0.1) is 5.82 Å². The lowest BCUT2D eigenvalue weighted by molar-refractivity contribution is 0.0950. The van der Waals surface area contributed by atoms with E-state index < -0.39 is 0 Å². The highest BCUT2D eigenvalue weighted by atomic mass is 19.1. The minimum Gasteiger partial charge on any atom is -0.384 e. The molecule has 1 aliphatic heterocycles. The van der Waals surface area contributed by atoms with Crippen LogP contribution in [-0.2, 0) is 13.0 Å². The second-order valence-corrected chi connectivity index (χ2v) is 5.61. The van der Waals surface area contributed by atoms with Gasteiger partial charge in [0, 0.05) is 29.9 Å². The van der Waals surface area contributed by atoms with Crippen molar-refractivity contribution in [3.05, 3.63) is 65.0 Å². The zero-order chi connectivity index (χ0) is 15.5. The molecule has 0 aliphatic carbocycles. The van der Waals surface area contributed by atoms with Crippen LogP contribution in [0.5, 0.6) is 0 Å². The number of carbonyl (C=O) groups excluding carboxylic acids is 1. The molecule has 4 heteroatoms. The Hall–Kier alpha value is -2.20. The highest BCUT2D eigenvalue weighted by Gasteiger charge is 2.18. The number of halogens is 1. The fourth-order valence-electron chi connectivity index (χ4n) is 2.71. The van der Waals surface area contributed by atoms with E-state index >= 15 is 0 Å². The van der Waals surface area contributed by atoms with E-state index in [1.807, 2.05) is 25.1 Å². The van der Waals surface area contributed by atoms with Gasteiger partial charge in [0.1, 0.15) is 5.82 Å². The molecule has 0 saturated carbocycles. The molecular weight excluding hydrogens is 279 g/mol. The highest BCUT2D eigenvalue weighted by molar-refractivity contribution is 6.00. The summed E-state index contributed by atoms with van der Waals surface area (Å²) < 4.78 is 13.6. The molecule has 1 atom stereocenters. The second-order valence-electron chi connectivity index (χ2n) is 5.61. The lowest BCUT2D eigenvalue weighted by Crippen LogP contribution is -2.33. The van der Waals surface area contributed by atoms with E-state index in [1.165, 1.54) is 11.6 Å². The normalized spacial score (nSPS) is 14.3. The summed E-state index contributed by atoms with van der Waals surface area (Å²) in [6, 6.07) is 12.0. The molecule has 114 valence electrons. The van der Waals surface area contributed by atoms with Crippen LogP contribution in [-0.4, -0.2) is 18.4 Å². The molecule has 0 amide bonds. The van der Waals surface area contributed by atoms with E-state index in [-0.39, 0.29) is 17.6 Å². The number of rotatable bonds is 5. The quantitative estimate of drug-likeness (QED) is 0.833. The molecule has 22 heavy (non-hydrogen) atoms. The first-order valence-electron chi connectivity index (χ1n) is 7.53. The Bertz CT molecular complexity index is 699. The SMILES string of the molecule is CC(NCc1ccccc1F)C(=O)c1ccc2c(c1)CCN2. The third kappa shape index (κ3) is 3.02. The van der Waals surface area contributed by atoms with E-state index in [0.29, 0.717) is 17.7 Å². The molecule has 1 aliphatic rings. The van der Waals surface area contributed by atoms with E-state index in [0.717, 1.165) is 18.7 Å². The van der Waals surface area contributed by atoms with Crippen LogP contribution in [0.2, 0.25) is 0 Å². The van der Waals surface area contributed by atoms with Gasteiger partial charge in [0.2, 0.25) is 0 Å². The summed E-state index contributed by atoms with van der Waals surface area (Å²) >= 11 is 0. The maximum atomic E-state index is 13.6. The second kappa shape index (κ2) is 6.28. The van der Waals surface area contributed by atoms with Crippen molar-refractivity contribution in [3.63, 3.8) is 0 Å². The largest absolute Gasteiger partial charge is 0.384 e. The van der Waals surface area contributed by atoms with Crippen molar-refractivity contribution in [2.24, 2.45) is 0 Å². The van der Waals surface area contributed by atoms with Crippen LogP contribution in [0.1, 0.15) is 28.4 Å². The molecule has 0 radical (unpaired) electrons. The van der Waals surface area contributed by atoms with Crippen molar-refractivity contribution >= 4 is 11.5 Å². The number of ketones is 1. The highest BCUT2D eigenvalue weighted by Crippen LogP contribution is 2.23. The van der Waals surface area contributed by atoms with Crippen molar-refractivity contribution in [1.82, 2.24) is 5.32 Å². The van der Waals surface area contributed by atoms with E-state index in [9.17, 15) is 9.18 Å². The Balaban J connectivity index is 1.66. The number of hydrogen-bond acceptors (Lipinski definition) is 3. The molecule has 0 bridgehead atoms. The number of nitrogens with one attached hydrogen (secondary N) is 2. The topological polar surface area (TPSA) is 41.1 Å². The molecule has 2 aromatic rings. The fourth-order valence-corrected chi connectivity index (χ4v) is 2.71. The van der Waals surface area contributed by atoms with E-state index in [2.05, 4.69) is 10.6 Å². The molecule has 1 heterocycles. The van der Waals surface area contributed by atoms with Gasteiger partial charge in [0.25, 0.3) is 0 Å². The summed E-state index contributed by atoms with van der Waals surface area (Å²) in [5.41, 5.74) is 3.58. The van der Waals surface area contributed by atoms with Gasteiger partial charge in [0.05, 0.1) is 6.04 Å². The average Bonchev–Trinajstić information content (AvgIpc) is 3.00. The zero-order valence-corrected chi connectivity index (χ0v) is 12.5. The van der Waals surface area contributed by atoms with Gasteiger partial charge >= 0.3 is 0 Å². The minimum atomic E-state index is -0.355. The minimum absolute atomic E-state index is 0.0334. The van der Waals surface area contributed by atoms with Gasteiger partial charge < -0.3 is 10.6 Å². The lowest BCUT2D eigenvalue weighted by Gasteiger charge is -2.14. The monoisotopic (exact) mass is 298 g/mol. The van der Waals surface area contributed by atoms with Crippen LogP contribution in [0.25, 0.3) is 0 Å². The van der Waals surface area contributed by atoms with Gasteiger partial charge in [-0.05, 0) is 43.2 Å². The summed E-state index contributed by atoms with van der Waals surface area (Å²) in [6.45, 7) is 3.08. The summed E-state index contributed by atoms with van der Waals surface area (Å²) in [4.78, 5) is 12.5. The smallest absolute Gasteiger partial charge is 0.179 e. The number of hydrogen-bond donors (Lipinski definition) is 2. The molecule has 1 unspecified atom stereocenters. The Kier molecular flexibility index (Phi) is 4.20. The standard InChI is InChI=1S/C18H19FN2O/c1-12(21-11-15-4-2-3-5-16(15)19)18(22)14-6-7-17-13(10-14)8-9-20-17/h2-7,10,12,20-21H,8-9,11H2,1H3.